The third-order valence-electron chi connectivity index (χ3n) is 3.19. The summed E-state index contributed by atoms with van der Waals surface area (Å²) in [5.74, 6) is 0. The zero-order valence-corrected chi connectivity index (χ0v) is 12.2. The van der Waals surface area contributed by atoms with Gasteiger partial charge in [-0.25, -0.2) is 0 Å². The number of nitrogens with zero attached hydrogens (tertiary/aromatic N) is 2. The van der Waals surface area contributed by atoms with E-state index in [1.165, 1.54) is 0 Å². The average Bonchev–Trinajstić information content (AvgIpc) is 2.49. The first-order valence-electron chi connectivity index (χ1n) is 6.31. The number of benzene rings is 2. The van der Waals surface area contributed by atoms with E-state index in [1.807, 2.05) is 48.5 Å². The van der Waals surface area contributed by atoms with Gasteiger partial charge in [0.1, 0.15) is 0 Å². The van der Waals surface area contributed by atoms with Crippen molar-refractivity contribution in [2.45, 2.75) is 0 Å². The minimum atomic E-state index is 0.597. The maximum Gasteiger partial charge on any atom is 0.0817 e. The molecule has 0 aliphatic carbocycles. The summed E-state index contributed by atoms with van der Waals surface area (Å²) in [5, 5.41) is 1.46. The monoisotopic (exact) mass is 302 g/mol. The van der Waals surface area contributed by atoms with Crippen LogP contribution in [0.1, 0.15) is 11.1 Å². The molecule has 0 saturated carbocycles. The predicted molar refractivity (Wildman–Crippen MR) is 85.7 cm³/mol. The van der Waals surface area contributed by atoms with Crippen molar-refractivity contribution in [2.75, 3.05) is 13.1 Å². The van der Waals surface area contributed by atoms with Crippen LogP contribution in [-0.4, -0.2) is 24.5 Å². The molecule has 0 saturated heterocycles. The first-order chi connectivity index (χ1) is 9.72. The fourth-order valence-electron chi connectivity index (χ4n) is 2.09. The van der Waals surface area contributed by atoms with Crippen LogP contribution in [0.4, 0.5) is 0 Å². The Labute approximate surface area is 127 Å². The Bertz CT molecular complexity index is 609. The molecule has 0 radical (unpaired) electrons. The van der Waals surface area contributed by atoms with Crippen LogP contribution >= 0.6 is 23.2 Å². The van der Waals surface area contributed by atoms with Gasteiger partial charge in [0.05, 0.1) is 24.5 Å². The standard InChI is InChI=1S/C16H12Cl2N2/c17-13-5-1-11(2-6-13)15-9-20-16(10-19-15)12-3-7-14(18)8-4-12/h1-8H,9-10H2. The van der Waals surface area contributed by atoms with Crippen molar-refractivity contribution in [3.8, 4) is 0 Å². The number of hydrogen-bond acceptors (Lipinski definition) is 2. The quantitative estimate of drug-likeness (QED) is 0.791. The van der Waals surface area contributed by atoms with Gasteiger partial charge in [-0.2, -0.15) is 0 Å². The Morgan fingerprint density at radius 2 is 0.950 bits per heavy atom. The van der Waals surface area contributed by atoms with Crippen LogP contribution in [0.25, 0.3) is 0 Å². The van der Waals surface area contributed by atoms with E-state index in [2.05, 4.69) is 9.98 Å². The molecule has 2 aromatic carbocycles. The van der Waals surface area contributed by atoms with Crippen molar-refractivity contribution in [3.05, 3.63) is 69.7 Å². The molecule has 0 atom stereocenters. The smallest absolute Gasteiger partial charge is 0.0817 e. The minimum absolute atomic E-state index is 0.597. The van der Waals surface area contributed by atoms with E-state index in [9.17, 15) is 0 Å². The largest absolute Gasteiger partial charge is 0.281 e. The lowest BCUT2D eigenvalue weighted by Gasteiger charge is -2.13. The van der Waals surface area contributed by atoms with Crippen molar-refractivity contribution < 1.29 is 0 Å². The van der Waals surface area contributed by atoms with Crippen LogP contribution in [-0.2, 0) is 0 Å². The first-order valence-corrected chi connectivity index (χ1v) is 7.06. The number of rotatable bonds is 2. The van der Waals surface area contributed by atoms with Gasteiger partial charge in [-0.05, 0) is 35.4 Å². The maximum absolute atomic E-state index is 5.89. The van der Waals surface area contributed by atoms with Crippen molar-refractivity contribution in [1.82, 2.24) is 0 Å². The van der Waals surface area contributed by atoms with Gasteiger partial charge in [-0.15, -0.1) is 0 Å². The molecule has 0 fully saturated rings. The van der Waals surface area contributed by atoms with Gasteiger partial charge in [-0.1, -0.05) is 47.5 Å². The average molecular weight is 303 g/mol. The third-order valence-corrected chi connectivity index (χ3v) is 3.70. The molecule has 0 amide bonds. The SMILES string of the molecule is Clc1ccc(C2=NCC(c3ccc(Cl)cc3)=NC2)cc1. The van der Waals surface area contributed by atoms with Gasteiger partial charge < -0.3 is 0 Å². The second kappa shape index (κ2) is 5.78. The Hall–Kier alpha value is -1.64. The topological polar surface area (TPSA) is 24.7 Å². The van der Waals surface area contributed by atoms with Gasteiger partial charge in [0, 0.05) is 10.0 Å². The van der Waals surface area contributed by atoms with E-state index in [0.717, 1.165) is 32.6 Å². The zero-order chi connectivity index (χ0) is 13.9. The van der Waals surface area contributed by atoms with Crippen molar-refractivity contribution in [1.29, 1.82) is 0 Å². The summed E-state index contributed by atoms with van der Waals surface area (Å²) in [6.45, 7) is 1.19. The lowest BCUT2D eigenvalue weighted by molar-refractivity contribution is 1.14. The first kappa shape index (κ1) is 13.3. The van der Waals surface area contributed by atoms with Crippen LogP contribution in [0, 0.1) is 0 Å². The third kappa shape index (κ3) is 2.92. The van der Waals surface area contributed by atoms with Crippen LogP contribution in [0.3, 0.4) is 0 Å². The van der Waals surface area contributed by atoms with E-state index in [-0.39, 0.29) is 0 Å². The summed E-state index contributed by atoms with van der Waals surface area (Å²) < 4.78 is 0. The molecule has 3 rings (SSSR count). The normalized spacial score (nSPS) is 14.7. The number of aliphatic imine (C=N–C) groups is 2. The summed E-state index contributed by atoms with van der Waals surface area (Å²) in [7, 11) is 0. The highest BCUT2D eigenvalue weighted by atomic mass is 35.5. The Morgan fingerprint density at radius 3 is 1.25 bits per heavy atom. The molecule has 2 nitrogen and oxygen atoms in total. The second-order valence-corrected chi connectivity index (χ2v) is 5.41. The summed E-state index contributed by atoms with van der Waals surface area (Å²) in [4.78, 5) is 9.24. The van der Waals surface area contributed by atoms with E-state index in [0.29, 0.717) is 13.1 Å². The van der Waals surface area contributed by atoms with Crippen molar-refractivity contribution in [2.24, 2.45) is 9.98 Å². The fourth-order valence-corrected chi connectivity index (χ4v) is 2.34. The van der Waals surface area contributed by atoms with Crippen LogP contribution in [0.5, 0.6) is 0 Å². The highest BCUT2D eigenvalue weighted by molar-refractivity contribution is 6.31. The molecule has 100 valence electrons. The Morgan fingerprint density at radius 1 is 0.600 bits per heavy atom. The molecule has 2 aromatic rings. The van der Waals surface area contributed by atoms with Gasteiger partial charge in [0.25, 0.3) is 0 Å². The lowest BCUT2D eigenvalue weighted by Crippen LogP contribution is -2.18. The van der Waals surface area contributed by atoms with E-state index >= 15 is 0 Å². The number of hydrogen-bond donors (Lipinski definition) is 0. The molecular weight excluding hydrogens is 291 g/mol. The van der Waals surface area contributed by atoms with Crippen molar-refractivity contribution in [3.63, 3.8) is 0 Å². The van der Waals surface area contributed by atoms with Gasteiger partial charge in [0.2, 0.25) is 0 Å². The maximum atomic E-state index is 5.89. The summed E-state index contributed by atoms with van der Waals surface area (Å²) in [5.41, 5.74) is 4.15. The molecule has 0 spiro atoms. The molecule has 1 aliphatic rings. The van der Waals surface area contributed by atoms with E-state index in [1.54, 1.807) is 0 Å². The molecule has 1 aliphatic heterocycles. The number of halogens is 2. The zero-order valence-electron chi connectivity index (χ0n) is 10.7. The van der Waals surface area contributed by atoms with Crippen molar-refractivity contribution >= 4 is 34.6 Å². The van der Waals surface area contributed by atoms with Crippen LogP contribution < -0.4 is 0 Å². The van der Waals surface area contributed by atoms with Crippen LogP contribution in [0.2, 0.25) is 10.0 Å². The Kier molecular flexibility index (Phi) is 3.86. The van der Waals surface area contributed by atoms with E-state index in [4.69, 9.17) is 23.2 Å². The fraction of sp³-hybridized carbons (Fsp3) is 0.125. The molecule has 0 N–H and O–H groups in total. The van der Waals surface area contributed by atoms with E-state index < -0.39 is 0 Å². The minimum Gasteiger partial charge on any atom is -0.281 e. The lowest BCUT2D eigenvalue weighted by atomic mass is 10.1. The molecule has 0 bridgehead atoms. The Balaban J connectivity index is 1.77. The molecule has 1 heterocycles. The summed E-state index contributed by atoms with van der Waals surface area (Å²) in [6.07, 6.45) is 0. The highest BCUT2D eigenvalue weighted by Crippen LogP contribution is 2.15. The molecule has 0 aromatic heterocycles. The molecule has 20 heavy (non-hydrogen) atoms. The molecule has 4 heteroatoms. The summed E-state index contributed by atoms with van der Waals surface area (Å²) in [6, 6.07) is 15.4. The van der Waals surface area contributed by atoms with Gasteiger partial charge >= 0.3 is 0 Å². The van der Waals surface area contributed by atoms with Gasteiger partial charge in [-0.3, -0.25) is 9.98 Å². The van der Waals surface area contributed by atoms with Crippen LogP contribution in [0.15, 0.2) is 58.5 Å². The second-order valence-electron chi connectivity index (χ2n) is 4.54. The molecule has 0 unspecified atom stereocenters. The molecular formula is C16H12Cl2N2. The summed E-state index contributed by atoms with van der Waals surface area (Å²) >= 11 is 11.8. The predicted octanol–water partition coefficient (Wildman–Crippen LogP) is 4.29. The highest BCUT2D eigenvalue weighted by Gasteiger charge is 2.11. The van der Waals surface area contributed by atoms with Gasteiger partial charge in [0.15, 0.2) is 0 Å².